The van der Waals surface area contributed by atoms with Gasteiger partial charge in [0.05, 0.1) is 19.8 Å². The summed E-state index contributed by atoms with van der Waals surface area (Å²) in [5.41, 5.74) is 0.906. The maximum Gasteiger partial charge on any atom is 0.359 e. The van der Waals surface area contributed by atoms with Crippen LogP contribution >= 0.6 is 0 Å². The number of benzene rings is 1. The lowest BCUT2D eigenvalue weighted by Crippen LogP contribution is -2.40. The minimum Gasteiger partial charge on any atom is -0.467 e. The van der Waals surface area contributed by atoms with Crippen molar-refractivity contribution in [3.8, 4) is 5.75 Å². The SMILES string of the molecule is CCOC(=O)C(Oc1cccc(CO[Si](C)(C)C(C)(C)C)c1)C(=O)OCC. The van der Waals surface area contributed by atoms with E-state index in [-0.39, 0.29) is 18.3 Å². The molecule has 0 N–H and O–H groups in total. The molecule has 0 aliphatic carbocycles. The molecule has 0 bridgehead atoms. The lowest BCUT2D eigenvalue weighted by atomic mass is 10.2. The average molecular weight is 397 g/mol. The molecule has 1 rings (SSSR count). The van der Waals surface area contributed by atoms with Gasteiger partial charge >= 0.3 is 11.9 Å². The van der Waals surface area contributed by atoms with E-state index in [0.29, 0.717) is 12.4 Å². The fourth-order valence-corrected chi connectivity index (χ4v) is 2.91. The van der Waals surface area contributed by atoms with Crippen molar-refractivity contribution in [2.75, 3.05) is 13.2 Å². The number of hydrogen-bond donors (Lipinski definition) is 0. The van der Waals surface area contributed by atoms with Crippen LogP contribution in [0.25, 0.3) is 0 Å². The van der Waals surface area contributed by atoms with Crippen molar-refractivity contribution in [2.45, 2.75) is 65.5 Å². The van der Waals surface area contributed by atoms with Gasteiger partial charge < -0.3 is 18.6 Å². The zero-order chi connectivity index (χ0) is 20.7. The first-order chi connectivity index (χ1) is 12.5. The lowest BCUT2D eigenvalue weighted by molar-refractivity contribution is -0.166. The third kappa shape index (κ3) is 6.99. The number of hydrogen-bond acceptors (Lipinski definition) is 6. The lowest BCUT2D eigenvalue weighted by Gasteiger charge is -2.36. The van der Waals surface area contributed by atoms with Gasteiger partial charge in [-0.2, -0.15) is 0 Å². The molecule has 0 radical (unpaired) electrons. The Balaban J connectivity index is 2.89. The monoisotopic (exact) mass is 396 g/mol. The minimum absolute atomic E-state index is 0.111. The Bertz CT molecular complexity index is 618. The highest BCUT2D eigenvalue weighted by atomic mass is 28.4. The molecule has 0 unspecified atom stereocenters. The second kappa shape index (κ2) is 9.89. The Morgan fingerprint density at radius 3 is 2.07 bits per heavy atom. The van der Waals surface area contributed by atoms with Gasteiger partial charge in [0.25, 0.3) is 6.10 Å². The van der Waals surface area contributed by atoms with E-state index in [1.165, 1.54) is 0 Å². The first kappa shape index (κ1) is 23.2. The van der Waals surface area contributed by atoms with Gasteiger partial charge in [0, 0.05) is 0 Å². The van der Waals surface area contributed by atoms with Crippen molar-refractivity contribution in [1.82, 2.24) is 0 Å². The second-order valence-corrected chi connectivity index (χ2v) is 12.5. The summed E-state index contributed by atoms with van der Waals surface area (Å²) in [4.78, 5) is 24.1. The Morgan fingerprint density at radius 1 is 1.04 bits per heavy atom. The smallest absolute Gasteiger partial charge is 0.359 e. The predicted octanol–water partition coefficient (Wildman–Crippen LogP) is 4.08. The van der Waals surface area contributed by atoms with E-state index in [4.69, 9.17) is 18.6 Å². The van der Waals surface area contributed by atoms with Crippen molar-refractivity contribution in [3.63, 3.8) is 0 Å². The summed E-state index contributed by atoms with van der Waals surface area (Å²) in [6.45, 7) is 15.0. The fourth-order valence-electron chi connectivity index (χ4n) is 1.95. The maximum atomic E-state index is 12.0. The Labute approximate surface area is 163 Å². The molecule has 0 saturated carbocycles. The van der Waals surface area contributed by atoms with Crippen LogP contribution in [0.3, 0.4) is 0 Å². The van der Waals surface area contributed by atoms with Crippen LogP contribution in [0.2, 0.25) is 18.1 Å². The third-order valence-electron chi connectivity index (χ3n) is 4.56. The van der Waals surface area contributed by atoms with Gasteiger partial charge in [-0.05, 0) is 49.7 Å². The molecular weight excluding hydrogens is 364 g/mol. The number of rotatable bonds is 9. The molecule has 152 valence electrons. The summed E-state index contributed by atoms with van der Waals surface area (Å²) < 4.78 is 21.6. The van der Waals surface area contributed by atoms with E-state index in [0.717, 1.165) is 5.56 Å². The van der Waals surface area contributed by atoms with Crippen molar-refractivity contribution in [2.24, 2.45) is 0 Å². The average Bonchev–Trinajstić information content (AvgIpc) is 2.57. The summed E-state index contributed by atoms with van der Waals surface area (Å²) >= 11 is 0. The van der Waals surface area contributed by atoms with Crippen LogP contribution in [0, 0.1) is 0 Å². The summed E-state index contributed by atoms with van der Waals surface area (Å²) in [5.74, 6) is -1.14. The molecule has 0 aliphatic rings. The van der Waals surface area contributed by atoms with Crippen molar-refractivity contribution in [3.05, 3.63) is 29.8 Å². The van der Waals surface area contributed by atoms with Gasteiger partial charge in [-0.1, -0.05) is 32.9 Å². The molecule has 0 atom stereocenters. The highest BCUT2D eigenvalue weighted by Gasteiger charge is 2.37. The van der Waals surface area contributed by atoms with Gasteiger partial charge in [-0.15, -0.1) is 0 Å². The quantitative estimate of drug-likeness (QED) is 0.356. The van der Waals surface area contributed by atoms with Gasteiger partial charge in [0.1, 0.15) is 5.75 Å². The third-order valence-corrected chi connectivity index (χ3v) is 9.04. The molecule has 0 aromatic heterocycles. The van der Waals surface area contributed by atoms with Crippen LogP contribution in [0.5, 0.6) is 5.75 Å². The molecule has 6 nitrogen and oxygen atoms in total. The largest absolute Gasteiger partial charge is 0.467 e. The molecule has 1 aromatic rings. The number of ether oxygens (including phenoxy) is 3. The Kier molecular flexibility index (Phi) is 8.49. The normalized spacial score (nSPS) is 12.0. The van der Waals surface area contributed by atoms with E-state index >= 15 is 0 Å². The maximum absolute atomic E-state index is 12.0. The van der Waals surface area contributed by atoms with Crippen molar-refractivity contribution < 1.29 is 28.2 Å². The Hall–Kier alpha value is -1.86. The summed E-state index contributed by atoms with van der Waals surface area (Å²) in [6.07, 6.45) is -1.44. The zero-order valence-corrected chi connectivity index (χ0v) is 18.5. The van der Waals surface area contributed by atoms with Crippen LogP contribution in [0.15, 0.2) is 24.3 Å². The molecule has 0 heterocycles. The molecule has 7 heteroatoms. The van der Waals surface area contributed by atoms with E-state index in [1.807, 2.05) is 6.07 Å². The molecule has 1 aromatic carbocycles. The van der Waals surface area contributed by atoms with Gasteiger partial charge in [0.15, 0.2) is 8.32 Å². The summed E-state index contributed by atoms with van der Waals surface area (Å²) in [7, 11) is -1.88. The zero-order valence-electron chi connectivity index (χ0n) is 17.5. The van der Waals surface area contributed by atoms with Crippen LogP contribution in [-0.2, 0) is 30.1 Å². The number of carbonyl (C=O) groups excluding carboxylic acids is 2. The predicted molar refractivity (Wildman–Crippen MR) is 106 cm³/mol. The Morgan fingerprint density at radius 2 is 1.59 bits per heavy atom. The summed E-state index contributed by atoms with van der Waals surface area (Å²) in [5, 5.41) is 0.111. The fraction of sp³-hybridized carbons (Fsp3) is 0.600. The first-order valence-electron chi connectivity index (χ1n) is 9.24. The van der Waals surface area contributed by atoms with Gasteiger partial charge in [-0.25, -0.2) is 9.59 Å². The minimum atomic E-state index is -1.88. The van der Waals surface area contributed by atoms with Crippen LogP contribution in [0.4, 0.5) is 0 Å². The molecular formula is C20H32O6Si. The van der Waals surface area contributed by atoms with E-state index in [9.17, 15) is 9.59 Å². The summed E-state index contributed by atoms with van der Waals surface area (Å²) in [6, 6.07) is 7.16. The standard InChI is InChI=1S/C20H32O6Si/c1-8-23-18(21)17(19(22)24-9-2)26-16-12-10-11-15(13-16)14-25-27(6,7)20(3,4)5/h10-13,17H,8-9,14H2,1-7H3. The van der Waals surface area contributed by atoms with Crippen LogP contribution < -0.4 is 4.74 Å². The number of esters is 2. The molecule has 0 amide bonds. The van der Waals surface area contributed by atoms with E-state index in [2.05, 4.69) is 33.9 Å². The second-order valence-electron chi connectivity index (χ2n) is 7.70. The van der Waals surface area contributed by atoms with Crippen molar-refractivity contribution in [1.29, 1.82) is 0 Å². The first-order valence-corrected chi connectivity index (χ1v) is 12.2. The molecule has 0 spiro atoms. The van der Waals surface area contributed by atoms with Crippen LogP contribution in [0.1, 0.15) is 40.2 Å². The molecule has 27 heavy (non-hydrogen) atoms. The molecule has 0 fully saturated rings. The molecule has 0 saturated heterocycles. The van der Waals surface area contributed by atoms with E-state index < -0.39 is 26.4 Å². The topological polar surface area (TPSA) is 71.1 Å². The highest BCUT2D eigenvalue weighted by Crippen LogP contribution is 2.37. The highest BCUT2D eigenvalue weighted by molar-refractivity contribution is 6.74. The number of carbonyl (C=O) groups is 2. The van der Waals surface area contributed by atoms with E-state index in [1.54, 1.807) is 32.0 Å². The van der Waals surface area contributed by atoms with Crippen LogP contribution in [-0.4, -0.2) is 39.6 Å². The van der Waals surface area contributed by atoms with Gasteiger partial charge in [-0.3, -0.25) is 0 Å². The van der Waals surface area contributed by atoms with Gasteiger partial charge in [0.2, 0.25) is 0 Å². The van der Waals surface area contributed by atoms with Crippen molar-refractivity contribution >= 4 is 20.3 Å². The molecule has 0 aliphatic heterocycles.